The molecule has 0 aromatic carbocycles. The van der Waals surface area contributed by atoms with Crippen LogP contribution < -0.4 is 5.32 Å². The monoisotopic (exact) mass is 130 g/mol. The van der Waals surface area contributed by atoms with Crippen LogP contribution in [0.25, 0.3) is 0 Å². The second kappa shape index (κ2) is 3.88. The first kappa shape index (κ1) is 7.94. The molecular formula is C5H8NO3. The highest BCUT2D eigenvalue weighted by Crippen LogP contribution is 1.82. The van der Waals surface area contributed by atoms with Crippen molar-refractivity contribution in [3.63, 3.8) is 0 Å². The Labute approximate surface area is 53.2 Å². The van der Waals surface area contributed by atoms with Crippen LogP contribution in [-0.2, 0) is 14.3 Å². The first-order valence-corrected chi connectivity index (χ1v) is 2.46. The molecule has 0 fully saturated rings. The number of nitrogens with one attached hydrogen (secondary N) is 1. The first-order chi connectivity index (χ1) is 4.16. The van der Waals surface area contributed by atoms with E-state index in [9.17, 15) is 9.59 Å². The molecule has 0 saturated heterocycles. The quantitative estimate of drug-likeness (QED) is 0.320. The molecule has 1 radical (unpaired) electrons. The standard InChI is InChI=1S/C5H8NO3/c1-4(6-3-7)9-5(2)8/h4H,1-2H3,(H,6,7). The van der Waals surface area contributed by atoms with Gasteiger partial charge in [0.2, 0.25) is 0 Å². The van der Waals surface area contributed by atoms with Crippen molar-refractivity contribution in [3.05, 3.63) is 0 Å². The molecule has 1 unspecified atom stereocenters. The Balaban J connectivity index is 3.37. The molecule has 0 aliphatic rings. The molecule has 4 nitrogen and oxygen atoms in total. The number of amides is 1. The largest absolute Gasteiger partial charge is 0.442 e. The fraction of sp³-hybridized carbons (Fsp3) is 0.600. The minimum atomic E-state index is -0.583. The van der Waals surface area contributed by atoms with E-state index in [4.69, 9.17) is 0 Å². The maximum Gasteiger partial charge on any atom is 0.312 e. The lowest BCUT2D eigenvalue weighted by molar-refractivity contribution is -0.146. The highest BCUT2D eigenvalue weighted by Gasteiger charge is 2.00. The van der Waals surface area contributed by atoms with Gasteiger partial charge in [0.1, 0.15) is 0 Å². The Morgan fingerprint density at radius 3 is 2.67 bits per heavy atom. The van der Waals surface area contributed by atoms with Crippen molar-refractivity contribution in [1.29, 1.82) is 0 Å². The summed E-state index contributed by atoms with van der Waals surface area (Å²) in [6.45, 7) is 2.80. The summed E-state index contributed by atoms with van der Waals surface area (Å²) >= 11 is 0. The van der Waals surface area contributed by atoms with E-state index in [-0.39, 0.29) is 0 Å². The van der Waals surface area contributed by atoms with Crippen molar-refractivity contribution in [2.75, 3.05) is 0 Å². The van der Waals surface area contributed by atoms with Gasteiger partial charge in [-0.3, -0.25) is 9.59 Å². The Morgan fingerprint density at radius 1 is 1.78 bits per heavy atom. The summed E-state index contributed by atoms with van der Waals surface area (Å²) in [5.74, 6) is -0.426. The Kier molecular flexibility index (Phi) is 3.43. The lowest BCUT2D eigenvalue weighted by Gasteiger charge is -2.07. The van der Waals surface area contributed by atoms with E-state index in [1.165, 1.54) is 20.3 Å². The minimum Gasteiger partial charge on any atom is -0.442 e. The van der Waals surface area contributed by atoms with Gasteiger partial charge in [-0.05, 0) is 6.92 Å². The smallest absolute Gasteiger partial charge is 0.312 e. The van der Waals surface area contributed by atoms with Crippen LogP contribution in [0.5, 0.6) is 0 Å². The molecule has 1 atom stereocenters. The van der Waals surface area contributed by atoms with Crippen LogP contribution in [0.4, 0.5) is 0 Å². The predicted molar refractivity (Wildman–Crippen MR) is 30.1 cm³/mol. The van der Waals surface area contributed by atoms with Crippen molar-refractivity contribution in [3.8, 4) is 0 Å². The van der Waals surface area contributed by atoms with Crippen molar-refractivity contribution in [2.45, 2.75) is 20.1 Å². The zero-order valence-electron chi connectivity index (χ0n) is 5.30. The second-order valence-electron chi connectivity index (χ2n) is 1.50. The van der Waals surface area contributed by atoms with E-state index in [0.717, 1.165) is 0 Å². The molecule has 0 rings (SSSR count). The summed E-state index contributed by atoms with van der Waals surface area (Å²) in [6.07, 6.45) is 0.812. The highest BCUT2D eigenvalue weighted by molar-refractivity contribution is 5.66. The van der Waals surface area contributed by atoms with Gasteiger partial charge in [0.15, 0.2) is 6.23 Å². The summed E-state index contributed by atoms with van der Waals surface area (Å²) < 4.78 is 4.48. The fourth-order valence-electron chi connectivity index (χ4n) is 0.361. The lowest BCUT2D eigenvalue weighted by Crippen LogP contribution is -2.28. The molecular weight excluding hydrogens is 122 g/mol. The lowest BCUT2D eigenvalue weighted by atomic mass is 10.6. The molecule has 1 amide bonds. The molecule has 4 heteroatoms. The van der Waals surface area contributed by atoms with Gasteiger partial charge in [-0.25, -0.2) is 0 Å². The van der Waals surface area contributed by atoms with E-state index < -0.39 is 12.2 Å². The third-order valence-electron chi connectivity index (χ3n) is 0.605. The number of esters is 1. The maximum absolute atomic E-state index is 10.1. The van der Waals surface area contributed by atoms with E-state index in [1.807, 2.05) is 0 Å². The number of hydrogen-bond acceptors (Lipinski definition) is 3. The van der Waals surface area contributed by atoms with E-state index in [0.29, 0.717) is 0 Å². The van der Waals surface area contributed by atoms with Crippen LogP contribution in [0.2, 0.25) is 0 Å². The van der Waals surface area contributed by atoms with Gasteiger partial charge in [0.05, 0.1) is 0 Å². The second-order valence-corrected chi connectivity index (χ2v) is 1.50. The Morgan fingerprint density at radius 2 is 2.33 bits per heavy atom. The number of ether oxygens (including phenoxy) is 1. The highest BCUT2D eigenvalue weighted by atomic mass is 16.6. The summed E-state index contributed by atoms with van der Waals surface area (Å²) in [7, 11) is 0. The van der Waals surface area contributed by atoms with Crippen LogP contribution in [0, 0.1) is 0 Å². The van der Waals surface area contributed by atoms with Gasteiger partial charge >= 0.3 is 12.4 Å². The first-order valence-electron chi connectivity index (χ1n) is 2.46. The van der Waals surface area contributed by atoms with Crippen LogP contribution in [0.1, 0.15) is 13.8 Å². The van der Waals surface area contributed by atoms with Gasteiger partial charge in [-0.1, -0.05) is 0 Å². The minimum absolute atomic E-state index is 0.426. The van der Waals surface area contributed by atoms with Gasteiger partial charge < -0.3 is 10.1 Å². The van der Waals surface area contributed by atoms with E-state index in [1.54, 1.807) is 0 Å². The predicted octanol–water partition coefficient (Wildman–Crippen LogP) is -0.448. The van der Waals surface area contributed by atoms with E-state index in [2.05, 4.69) is 10.1 Å². The Bertz CT molecular complexity index is 113. The molecule has 0 aliphatic heterocycles. The number of carbonyl (C=O) groups is 1. The van der Waals surface area contributed by atoms with Crippen molar-refractivity contribution in [2.24, 2.45) is 0 Å². The molecule has 0 heterocycles. The molecule has 9 heavy (non-hydrogen) atoms. The van der Waals surface area contributed by atoms with Crippen LogP contribution in [-0.4, -0.2) is 18.6 Å². The van der Waals surface area contributed by atoms with Crippen molar-refractivity contribution in [1.82, 2.24) is 5.32 Å². The summed E-state index contributed by atoms with van der Waals surface area (Å²) in [6, 6.07) is 0. The molecule has 0 aromatic rings. The van der Waals surface area contributed by atoms with Crippen molar-refractivity contribution < 1.29 is 14.3 Å². The van der Waals surface area contributed by atoms with Crippen molar-refractivity contribution >= 4 is 12.4 Å². The summed E-state index contributed by atoms with van der Waals surface area (Å²) in [5.41, 5.74) is 0. The summed E-state index contributed by atoms with van der Waals surface area (Å²) in [5, 5.41) is 2.13. The molecule has 0 spiro atoms. The molecule has 1 N–H and O–H groups in total. The fourth-order valence-corrected chi connectivity index (χ4v) is 0.361. The molecule has 51 valence electrons. The average molecular weight is 130 g/mol. The van der Waals surface area contributed by atoms with Gasteiger partial charge in [-0.15, -0.1) is 0 Å². The van der Waals surface area contributed by atoms with Gasteiger partial charge in [-0.2, -0.15) is 0 Å². The van der Waals surface area contributed by atoms with Crippen LogP contribution >= 0.6 is 0 Å². The number of hydrogen-bond donors (Lipinski definition) is 1. The zero-order chi connectivity index (χ0) is 7.28. The topological polar surface area (TPSA) is 55.4 Å². The third-order valence-corrected chi connectivity index (χ3v) is 0.605. The van der Waals surface area contributed by atoms with Gasteiger partial charge in [0, 0.05) is 6.92 Å². The average Bonchev–Trinajstić information content (AvgIpc) is 1.63. The van der Waals surface area contributed by atoms with E-state index >= 15 is 0 Å². The zero-order valence-corrected chi connectivity index (χ0v) is 5.30. The maximum atomic E-state index is 10.1. The number of rotatable bonds is 3. The van der Waals surface area contributed by atoms with Gasteiger partial charge in [0.25, 0.3) is 0 Å². The molecule has 0 bridgehead atoms. The third kappa shape index (κ3) is 4.80. The summed E-state index contributed by atoms with van der Waals surface area (Å²) in [4.78, 5) is 19.7. The van der Waals surface area contributed by atoms with Crippen LogP contribution in [0.3, 0.4) is 0 Å². The normalized spacial score (nSPS) is 11.8. The number of carbonyl (C=O) groups excluding carboxylic acids is 2. The molecule has 0 aliphatic carbocycles. The molecule has 0 saturated carbocycles. The molecule has 0 aromatic heterocycles. The SMILES string of the molecule is CC(=O)OC(C)N[C]=O. The Hall–Kier alpha value is -1.06. The van der Waals surface area contributed by atoms with Crippen LogP contribution in [0.15, 0.2) is 0 Å².